The number of para-hydroxylation sites is 1. The molecular formula is C27H21N5O2. The number of rotatable bonds is 5. The van der Waals surface area contributed by atoms with Crippen LogP contribution in [0.2, 0.25) is 0 Å². The third kappa shape index (κ3) is 3.65. The Balaban J connectivity index is 1.64. The molecule has 0 saturated heterocycles. The van der Waals surface area contributed by atoms with Crippen molar-refractivity contribution in [3.8, 4) is 17.3 Å². The monoisotopic (exact) mass is 447 g/mol. The Morgan fingerprint density at radius 3 is 2.56 bits per heavy atom. The third-order valence-electron chi connectivity index (χ3n) is 6.23. The van der Waals surface area contributed by atoms with E-state index in [1.807, 2.05) is 80.6 Å². The molecule has 2 aromatic heterocycles. The molecule has 0 spiro atoms. The first kappa shape index (κ1) is 21.3. The second-order valence-corrected chi connectivity index (χ2v) is 8.84. The van der Waals surface area contributed by atoms with Crippen LogP contribution < -0.4 is 0 Å². The number of nitrogens with one attached hydrogen (secondary N) is 1. The molecule has 0 aliphatic heterocycles. The van der Waals surface area contributed by atoms with Gasteiger partial charge in [0.15, 0.2) is 0 Å². The molecule has 0 unspecified atom stereocenters. The Labute approximate surface area is 195 Å². The van der Waals surface area contributed by atoms with Crippen LogP contribution in [0.5, 0.6) is 0 Å². The van der Waals surface area contributed by atoms with E-state index in [1.54, 1.807) is 0 Å². The molecule has 1 N–H and O–H groups in total. The molecule has 166 valence electrons. The second-order valence-electron chi connectivity index (χ2n) is 8.84. The maximum Gasteiger partial charge on any atom is 0.291 e. The zero-order chi connectivity index (χ0) is 23.9. The van der Waals surface area contributed by atoms with Crippen molar-refractivity contribution in [2.45, 2.75) is 25.7 Å². The van der Waals surface area contributed by atoms with E-state index in [-0.39, 0.29) is 10.6 Å². The average molecular weight is 447 g/mol. The predicted octanol–water partition coefficient (Wildman–Crippen LogP) is 6.08. The van der Waals surface area contributed by atoms with E-state index in [2.05, 4.69) is 21.3 Å². The first-order chi connectivity index (χ1) is 16.4. The van der Waals surface area contributed by atoms with Gasteiger partial charge in [-0.2, -0.15) is 10.4 Å². The number of hydrogen-bond acceptors (Lipinski definition) is 5. The van der Waals surface area contributed by atoms with Gasteiger partial charge in [-0.1, -0.05) is 48.5 Å². The summed E-state index contributed by atoms with van der Waals surface area (Å²) in [5.41, 5.74) is 5.07. The number of aromatic amines is 1. The number of nitriles is 1. The highest BCUT2D eigenvalue weighted by atomic mass is 16.6. The van der Waals surface area contributed by atoms with Crippen LogP contribution in [0.3, 0.4) is 0 Å². The summed E-state index contributed by atoms with van der Waals surface area (Å²) in [6.07, 6.45) is 1.70. The van der Waals surface area contributed by atoms with Gasteiger partial charge in [0, 0.05) is 28.3 Å². The van der Waals surface area contributed by atoms with Gasteiger partial charge in [-0.15, -0.1) is 0 Å². The van der Waals surface area contributed by atoms with Crippen LogP contribution in [-0.2, 0) is 11.8 Å². The fourth-order valence-corrected chi connectivity index (χ4v) is 4.22. The summed E-state index contributed by atoms with van der Waals surface area (Å²) in [7, 11) is 0. The maximum absolute atomic E-state index is 11.9. The zero-order valence-electron chi connectivity index (χ0n) is 18.7. The van der Waals surface area contributed by atoms with E-state index in [9.17, 15) is 15.4 Å². The second kappa shape index (κ2) is 8.09. The van der Waals surface area contributed by atoms with E-state index in [1.165, 1.54) is 6.20 Å². The molecule has 0 aliphatic rings. The van der Waals surface area contributed by atoms with Crippen LogP contribution >= 0.6 is 0 Å². The van der Waals surface area contributed by atoms with Crippen molar-refractivity contribution in [3.05, 3.63) is 99.7 Å². The summed E-state index contributed by atoms with van der Waals surface area (Å²) in [5, 5.41) is 30.5. The third-order valence-corrected chi connectivity index (χ3v) is 6.23. The molecule has 5 aromatic rings. The fourth-order valence-electron chi connectivity index (χ4n) is 4.22. The highest BCUT2D eigenvalue weighted by Crippen LogP contribution is 2.34. The number of hydrogen-bond donors (Lipinski definition) is 1. The molecule has 0 radical (unpaired) electrons. The summed E-state index contributed by atoms with van der Waals surface area (Å²) in [6.45, 7) is 3.73. The van der Waals surface area contributed by atoms with Crippen LogP contribution in [0.25, 0.3) is 33.1 Å². The molecular weight excluding hydrogens is 426 g/mol. The smallest absolute Gasteiger partial charge is 0.277 e. The summed E-state index contributed by atoms with van der Waals surface area (Å²) in [6, 6.07) is 23.6. The minimum Gasteiger partial charge on any atom is -0.277 e. The first-order valence-corrected chi connectivity index (χ1v) is 10.9. The number of nitrogens with zero attached hydrogens (tertiary/aromatic N) is 4. The Kier molecular flexibility index (Phi) is 5.06. The molecule has 0 atom stereocenters. The van der Waals surface area contributed by atoms with Crippen LogP contribution in [-0.4, -0.2) is 20.1 Å². The number of nitro groups is 1. The minimum atomic E-state index is -0.602. The summed E-state index contributed by atoms with van der Waals surface area (Å²) in [5.74, 6) is 0. The molecule has 0 amide bonds. The van der Waals surface area contributed by atoms with E-state index in [4.69, 9.17) is 0 Å². The van der Waals surface area contributed by atoms with Crippen molar-refractivity contribution in [1.82, 2.24) is 15.2 Å². The van der Waals surface area contributed by atoms with Gasteiger partial charge in [0.05, 0.1) is 33.1 Å². The number of H-pyrrole nitrogens is 1. The Hall–Kier alpha value is -4.57. The van der Waals surface area contributed by atoms with Crippen molar-refractivity contribution in [1.29, 1.82) is 5.26 Å². The van der Waals surface area contributed by atoms with Crippen LogP contribution in [0.1, 0.15) is 30.5 Å². The first-order valence-electron chi connectivity index (χ1n) is 10.9. The SMILES string of the molecule is CC(C)(C#N)c1ccc(Cc2c([N+](=O)[O-])cnc3ccc(-c4n[nH]c5ccccc45)cc23)cc1. The largest absolute Gasteiger partial charge is 0.291 e. The molecule has 34 heavy (non-hydrogen) atoms. The van der Waals surface area contributed by atoms with E-state index in [0.29, 0.717) is 17.5 Å². The average Bonchev–Trinajstić information content (AvgIpc) is 3.28. The van der Waals surface area contributed by atoms with Gasteiger partial charge in [-0.05, 0) is 43.2 Å². The number of aromatic nitrogens is 3. The Bertz CT molecular complexity index is 1590. The van der Waals surface area contributed by atoms with Gasteiger partial charge in [-0.25, -0.2) is 4.98 Å². The summed E-state index contributed by atoms with van der Waals surface area (Å²) >= 11 is 0. The fraction of sp³-hybridized carbons (Fsp3) is 0.148. The highest BCUT2D eigenvalue weighted by Gasteiger charge is 2.22. The van der Waals surface area contributed by atoms with Crippen LogP contribution in [0.15, 0.2) is 72.9 Å². The molecule has 0 aliphatic carbocycles. The lowest BCUT2D eigenvalue weighted by molar-refractivity contribution is -0.385. The van der Waals surface area contributed by atoms with E-state index in [0.717, 1.165) is 38.7 Å². The van der Waals surface area contributed by atoms with Gasteiger partial charge in [-0.3, -0.25) is 15.2 Å². The zero-order valence-corrected chi connectivity index (χ0v) is 18.7. The van der Waals surface area contributed by atoms with Crippen molar-refractivity contribution in [2.24, 2.45) is 0 Å². The Morgan fingerprint density at radius 1 is 1.06 bits per heavy atom. The maximum atomic E-state index is 11.9. The summed E-state index contributed by atoms with van der Waals surface area (Å²) in [4.78, 5) is 15.8. The number of benzene rings is 3. The van der Waals surface area contributed by atoms with E-state index >= 15 is 0 Å². The van der Waals surface area contributed by atoms with Crippen molar-refractivity contribution < 1.29 is 4.92 Å². The lowest BCUT2D eigenvalue weighted by Gasteiger charge is -2.16. The number of fused-ring (bicyclic) bond motifs is 2. The normalized spacial score (nSPS) is 11.6. The summed E-state index contributed by atoms with van der Waals surface area (Å²) < 4.78 is 0. The number of pyridine rings is 1. The topological polar surface area (TPSA) is 108 Å². The predicted molar refractivity (Wildman–Crippen MR) is 131 cm³/mol. The highest BCUT2D eigenvalue weighted by molar-refractivity contribution is 5.96. The molecule has 5 rings (SSSR count). The minimum absolute atomic E-state index is 0.0158. The van der Waals surface area contributed by atoms with Crippen molar-refractivity contribution in [2.75, 3.05) is 0 Å². The van der Waals surface area contributed by atoms with Gasteiger partial charge in [0.25, 0.3) is 5.69 Å². The van der Waals surface area contributed by atoms with Crippen LogP contribution in [0, 0.1) is 21.4 Å². The standard InChI is InChI=1S/C27H21N5O2/c1-27(2,16-28)19-10-7-17(8-11-19)13-22-21-14-18(9-12-23(21)29-15-25(22)32(33)34)26-20-5-3-4-6-24(20)30-31-26/h3-12,14-15H,13H2,1-2H3,(H,30,31). The van der Waals surface area contributed by atoms with Crippen molar-refractivity contribution >= 4 is 27.5 Å². The van der Waals surface area contributed by atoms with Crippen LogP contribution in [0.4, 0.5) is 5.69 Å². The molecule has 0 saturated carbocycles. The lowest BCUT2D eigenvalue weighted by atomic mass is 9.85. The quantitative estimate of drug-likeness (QED) is 0.259. The van der Waals surface area contributed by atoms with Gasteiger partial charge < -0.3 is 0 Å². The molecule has 0 fully saturated rings. The molecule has 3 aromatic carbocycles. The lowest BCUT2D eigenvalue weighted by Crippen LogP contribution is -2.13. The van der Waals surface area contributed by atoms with Crippen molar-refractivity contribution in [3.63, 3.8) is 0 Å². The van der Waals surface area contributed by atoms with Gasteiger partial charge in [0.2, 0.25) is 0 Å². The van der Waals surface area contributed by atoms with Gasteiger partial charge >= 0.3 is 0 Å². The molecule has 2 heterocycles. The van der Waals surface area contributed by atoms with Gasteiger partial charge in [0.1, 0.15) is 6.20 Å². The molecule has 0 bridgehead atoms. The van der Waals surface area contributed by atoms with E-state index < -0.39 is 5.41 Å². The Morgan fingerprint density at radius 2 is 1.82 bits per heavy atom. The molecule has 7 heteroatoms. The molecule has 7 nitrogen and oxygen atoms in total.